The first kappa shape index (κ1) is 11.6. The summed E-state index contributed by atoms with van der Waals surface area (Å²) in [5, 5.41) is 0.312. The molecule has 4 heteroatoms. The molecule has 0 aliphatic carbocycles. The lowest BCUT2D eigenvalue weighted by atomic mass is 10.2. The fourth-order valence-corrected chi connectivity index (χ4v) is 3.18. The summed E-state index contributed by atoms with van der Waals surface area (Å²) in [4.78, 5) is 13.5. The van der Waals surface area contributed by atoms with Crippen molar-refractivity contribution in [1.82, 2.24) is 4.90 Å². The van der Waals surface area contributed by atoms with E-state index in [0.29, 0.717) is 22.5 Å². The molecular weight excluding hydrogens is 238 g/mol. The molecule has 0 aromatic heterocycles. The van der Waals surface area contributed by atoms with Crippen LogP contribution in [-0.2, 0) is 11.3 Å². The summed E-state index contributed by atoms with van der Waals surface area (Å²) in [5.74, 6) is 0.139. The lowest BCUT2D eigenvalue weighted by molar-refractivity contribution is -0.127. The highest BCUT2D eigenvalue weighted by molar-refractivity contribution is 8.23. The van der Waals surface area contributed by atoms with Crippen LogP contribution >= 0.6 is 24.0 Å². The second-order valence-electron chi connectivity index (χ2n) is 3.86. The standard InChI is InChI=1S/C12H13NOS2/c1-9-7-11(14)13(12(15)16-9)8-10-5-3-2-4-6-10/h2-6,9H,7-8H2,1H3. The van der Waals surface area contributed by atoms with Gasteiger partial charge in [-0.25, -0.2) is 0 Å². The van der Waals surface area contributed by atoms with E-state index in [1.165, 1.54) is 0 Å². The molecule has 1 aromatic rings. The van der Waals surface area contributed by atoms with Crippen molar-refractivity contribution < 1.29 is 4.79 Å². The molecule has 1 amide bonds. The fraction of sp³-hybridized carbons (Fsp3) is 0.333. The number of hydrogen-bond donors (Lipinski definition) is 0. The second kappa shape index (κ2) is 4.97. The molecule has 0 spiro atoms. The summed E-state index contributed by atoms with van der Waals surface area (Å²) in [6.07, 6.45) is 0.581. The predicted octanol–water partition coefficient (Wildman–Crippen LogP) is 2.83. The number of hydrogen-bond acceptors (Lipinski definition) is 3. The molecule has 1 aliphatic heterocycles. The van der Waals surface area contributed by atoms with Gasteiger partial charge in [-0.1, -0.05) is 61.2 Å². The van der Waals surface area contributed by atoms with E-state index in [2.05, 4.69) is 0 Å². The molecule has 1 aliphatic rings. The van der Waals surface area contributed by atoms with Crippen LogP contribution < -0.4 is 0 Å². The SMILES string of the molecule is CC1CC(=O)N(Cc2ccccc2)C(=S)S1. The number of amides is 1. The lowest BCUT2D eigenvalue weighted by Gasteiger charge is -2.30. The van der Waals surface area contributed by atoms with E-state index in [4.69, 9.17) is 12.2 Å². The first-order chi connectivity index (χ1) is 7.66. The van der Waals surface area contributed by atoms with Crippen molar-refractivity contribution in [2.75, 3.05) is 0 Å². The average molecular weight is 251 g/mol. The van der Waals surface area contributed by atoms with E-state index in [-0.39, 0.29) is 5.91 Å². The highest BCUT2D eigenvalue weighted by atomic mass is 32.2. The number of thiocarbonyl (C=S) groups is 1. The van der Waals surface area contributed by atoms with E-state index < -0.39 is 0 Å². The largest absolute Gasteiger partial charge is 0.293 e. The molecule has 1 saturated heterocycles. The molecule has 2 nitrogen and oxygen atoms in total. The van der Waals surface area contributed by atoms with Crippen LogP contribution in [0.3, 0.4) is 0 Å². The van der Waals surface area contributed by atoms with Crippen molar-refractivity contribution in [3.63, 3.8) is 0 Å². The van der Waals surface area contributed by atoms with Crippen molar-refractivity contribution in [3.8, 4) is 0 Å². The number of benzene rings is 1. The Kier molecular flexibility index (Phi) is 3.61. The highest BCUT2D eigenvalue weighted by Crippen LogP contribution is 2.27. The normalized spacial score (nSPS) is 21.3. The van der Waals surface area contributed by atoms with Crippen LogP contribution in [0.4, 0.5) is 0 Å². The monoisotopic (exact) mass is 251 g/mol. The van der Waals surface area contributed by atoms with Gasteiger partial charge in [-0.05, 0) is 5.56 Å². The third-order valence-electron chi connectivity index (χ3n) is 2.47. The van der Waals surface area contributed by atoms with Gasteiger partial charge in [0.05, 0.1) is 6.54 Å². The second-order valence-corrected chi connectivity index (χ2v) is 5.94. The zero-order chi connectivity index (χ0) is 11.5. The van der Waals surface area contributed by atoms with Gasteiger partial charge in [-0.2, -0.15) is 0 Å². The molecule has 1 heterocycles. The van der Waals surface area contributed by atoms with Gasteiger partial charge in [0.15, 0.2) is 0 Å². The van der Waals surface area contributed by atoms with Gasteiger partial charge < -0.3 is 0 Å². The molecule has 16 heavy (non-hydrogen) atoms. The molecule has 1 atom stereocenters. The Hall–Kier alpha value is -0.870. The Bertz CT molecular complexity index is 387. The first-order valence-corrected chi connectivity index (χ1v) is 6.50. The molecule has 0 bridgehead atoms. The van der Waals surface area contributed by atoms with E-state index in [1.807, 2.05) is 37.3 Å². The van der Waals surface area contributed by atoms with Crippen LogP contribution in [0.25, 0.3) is 0 Å². The number of carbonyl (C=O) groups excluding carboxylic acids is 1. The molecule has 1 fully saturated rings. The van der Waals surface area contributed by atoms with Crippen LogP contribution in [0.5, 0.6) is 0 Å². The molecule has 1 unspecified atom stereocenters. The predicted molar refractivity (Wildman–Crippen MR) is 71.3 cm³/mol. The quantitative estimate of drug-likeness (QED) is 0.754. The highest BCUT2D eigenvalue weighted by Gasteiger charge is 2.27. The van der Waals surface area contributed by atoms with Gasteiger partial charge in [-0.3, -0.25) is 9.69 Å². The minimum absolute atomic E-state index is 0.139. The number of carbonyl (C=O) groups is 1. The van der Waals surface area contributed by atoms with Crippen LogP contribution in [0.15, 0.2) is 30.3 Å². The van der Waals surface area contributed by atoms with Crippen molar-refractivity contribution >= 4 is 34.2 Å². The van der Waals surface area contributed by atoms with Gasteiger partial charge in [0.1, 0.15) is 4.32 Å². The van der Waals surface area contributed by atoms with Crippen LogP contribution in [0.2, 0.25) is 0 Å². The number of thioether (sulfide) groups is 1. The Morgan fingerprint density at radius 3 is 2.75 bits per heavy atom. The first-order valence-electron chi connectivity index (χ1n) is 5.21. The topological polar surface area (TPSA) is 20.3 Å². The number of rotatable bonds is 2. The van der Waals surface area contributed by atoms with E-state index >= 15 is 0 Å². The minimum Gasteiger partial charge on any atom is -0.293 e. The maximum absolute atomic E-state index is 11.8. The summed E-state index contributed by atoms with van der Waals surface area (Å²) in [6.45, 7) is 2.63. The third kappa shape index (κ3) is 2.62. The Morgan fingerprint density at radius 1 is 1.44 bits per heavy atom. The van der Waals surface area contributed by atoms with E-state index in [0.717, 1.165) is 5.56 Å². The zero-order valence-corrected chi connectivity index (χ0v) is 10.7. The maximum atomic E-state index is 11.8. The maximum Gasteiger partial charge on any atom is 0.229 e. The number of nitrogens with zero attached hydrogens (tertiary/aromatic N) is 1. The van der Waals surface area contributed by atoms with Gasteiger partial charge in [0.2, 0.25) is 5.91 Å². The molecule has 0 N–H and O–H groups in total. The average Bonchev–Trinajstić information content (AvgIpc) is 2.25. The van der Waals surface area contributed by atoms with E-state index in [1.54, 1.807) is 16.7 Å². The molecule has 0 radical (unpaired) electrons. The molecule has 0 saturated carbocycles. The Morgan fingerprint density at radius 2 is 2.12 bits per heavy atom. The van der Waals surface area contributed by atoms with E-state index in [9.17, 15) is 4.79 Å². The van der Waals surface area contributed by atoms with Crippen LogP contribution in [0, 0.1) is 0 Å². The van der Waals surface area contributed by atoms with Crippen molar-refractivity contribution in [2.24, 2.45) is 0 Å². The molecule has 1 aromatic carbocycles. The van der Waals surface area contributed by atoms with Gasteiger partial charge in [0, 0.05) is 11.7 Å². The zero-order valence-electron chi connectivity index (χ0n) is 9.05. The van der Waals surface area contributed by atoms with Gasteiger partial charge in [0.25, 0.3) is 0 Å². The summed E-state index contributed by atoms with van der Waals surface area (Å²) >= 11 is 6.86. The Labute approximate surface area is 105 Å². The van der Waals surface area contributed by atoms with Crippen molar-refractivity contribution in [2.45, 2.75) is 25.1 Å². The van der Waals surface area contributed by atoms with Gasteiger partial charge in [-0.15, -0.1) is 0 Å². The molecular formula is C12H13NOS2. The molecule has 2 rings (SSSR count). The van der Waals surface area contributed by atoms with Crippen molar-refractivity contribution in [3.05, 3.63) is 35.9 Å². The third-order valence-corrected chi connectivity index (χ3v) is 3.97. The Balaban J connectivity index is 2.10. The molecule has 84 valence electrons. The lowest BCUT2D eigenvalue weighted by Crippen LogP contribution is -2.39. The summed E-state index contributed by atoms with van der Waals surface area (Å²) in [7, 11) is 0. The van der Waals surface area contributed by atoms with Crippen LogP contribution in [0.1, 0.15) is 18.9 Å². The summed E-state index contributed by atoms with van der Waals surface area (Å²) in [6, 6.07) is 9.94. The minimum atomic E-state index is 0.139. The summed E-state index contributed by atoms with van der Waals surface area (Å²) < 4.78 is 0.701. The van der Waals surface area contributed by atoms with Crippen LogP contribution in [-0.4, -0.2) is 20.4 Å². The fourth-order valence-electron chi connectivity index (χ4n) is 1.65. The smallest absolute Gasteiger partial charge is 0.229 e. The van der Waals surface area contributed by atoms with Gasteiger partial charge >= 0.3 is 0 Å². The van der Waals surface area contributed by atoms with Crippen molar-refractivity contribution in [1.29, 1.82) is 0 Å². The summed E-state index contributed by atoms with van der Waals surface area (Å²) in [5.41, 5.74) is 1.12.